The van der Waals surface area contributed by atoms with Crippen LogP contribution in [0.1, 0.15) is 24.1 Å². The summed E-state index contributed by atoms with van der Waals surface area (Å²) in [4.78, 5) is 6.42. The van der Waals surface area contributed by atoms with E-state index in [2.05, 4.69) is 51.7 Å². The lowest BCUT2D eigenvalue weighted by Crippen LogP contribution is -2.38. The lowest BCUT2D eigenvalue weighted by molar-refractivity contribution is 0.261. The largest absolute Gasteiger partial charge is 0.492 e. The van der Waals surface area contributed by atoms with Gasteiger partial charge in [-0.25, -0.2) is 0 Å². The van der Waals surface area contributed by atoms with Crippen molar-refractivity contribution < 1.29 is 4.74 Å². The van der Waals surface area contributed by atoms with Crippen LogP contribution in [0.3, 0.4) is 0 Å². The molecular weight excluding hydrogens is 324 g/mol. The first kappa shape index (κ1) is 19.8. The highest BCUT2D eigenvalue weighted by Crippen LogP contribution is 2.14. The second-order valence-corrected chi connectivity index (χ2v) is 6.50. The van der Waals surface area contributed by atoms with Gasteiger partial charge >= 0.3 is 0 Å². The third-order valence-corrected chi connectivity index (χ3v) is 4.04. The van der Waals surface area contributed by atoms with Crippen LogP contribution in [0.2, 0.25) is 0 Å². The summed E-state index contributed by atoms with van der Waals surface area (Å²) in [5.74, 6) is 1.67. The molecule has 2 rings (SSSR count). The van der Waals surface area contributed by atoms with Gasteiger partial charge in [-0.3, -0.25) is 4.99 Å². The molecule has 2 aromatic carbocycles. The number of nitrogens with one attached hydrogen (secondary N) is 2. The zero-order chi connectivity index (χ0) is 18.8. The smallest absolute Gasteiger partial charge is 0.191 e. The highest BCUT2D eigenvalue weighted by atomic mass is 16.5. The summed E-state index contributed by atoms with van der Waals surface area (Å²) in [6.07, 6.45) is 0. The molecule has 26 heavy (non-hydrogen) atoms. The number of hydrogen-bond donors (Lipinski definition) is 2. The third-order valence-electron chi connectivity index (χ3n) is 4.04. The molecule has 0 amide bonds. The number of guanidine groups is 1. The summed E-state index contributed by atoms with van der Waals surface area (Å²) in [6, 6.07) is 18.7. The maximum absolute atomic E-state index is 5.80. The molecule has 2 aromatic rings. The molecule has 0 bridgehead atoms. The fourth-order valence-corrected chi connectivity index (χ4v) is 2.50. The lowest BCUT2D eigenvalue weighted by Gasteiger charge is -2.18. The summed E-state index contributed by atoms with van der Waals surface area (Å²) < 4.78 is 5.80. The van der Waals surface area contributed by atoms with Crippen LogP contribution in [0.5, 0.6) is 5.75 Å². The second-order valence-electron chi connectivity index (χ2n) is 6.50. The summed E-state index contributed by atoms with van der Waals surface area (Å²) in [5.41, 5.74) is 2.38. The standard InChI is InChI=1S/C21H30N4O/c1-17(19-10-6-5-7-11-19)24-21(22-2)23-16-18-9-8-12-20(15-18)26-14-13-25(3)4/h5-12,15,17H,13-14,16H2,1-4H3,(H2,22,23,24). The SMILES string of the molecule is CN=C(NCc1cccc(OCCN(C)C)c1)NC(C)c1ccccc1. The Hall–Kier alpha value is -2.53. The van der Waals surface area contributed by atoms with Gasteiger partial charge in [-0.1, -0.05) is 42.5 Å². The van der Waals surface area contributed by atoms with Gasteiger partial charge in [-0.15, -0.1) is 0 Å². The molecule has 0 saturated carbocycles. The van der Waals surface area contributed by atoms with Crippen molar-refractivity contribution in [2.75, 3.05) is 34.3 Å². The van der Waals surface area contributed by atoms with Gasteiger partial charge in [-0.05, 0) is 44.3 Å². The van der Waals surface area contributed by atoms with Crippen molar-refractivity contribution in [2.24, 2.45) is 4.99 Å². The molecule has 2 N–H and O–H groups in total. The van der Waals surface area contributed by atoms with Crippen molar-refractivity contribution in [3.8, 4) is 5.75 Å². The Kier molecular flexibility index (Phi) is 7.96. The zero-order valence-electron chi connectivity index (χ0n) is 16.2. The van der Waals surface area contributed by atoms with Crippen molar-refractivity contribution in [1.29, 1.82) is 0 Å². The second kappa shape index (κ2) is 10.5. The first-order chi connectivity index (χ1) is 12.6. The molecule has 1 unspecified atom stereocenters. The number of ether oxygens (including phenoxy) is 1. The van der Waals surface area contributed by atoms with Crippen LogP contribution >= 0.6 is 0 Å². The minimum Gasteiger partial charge on any atom is -0.492 e. The van der Waals surface area contributed by atoms with E-state index in [1.165, 1.54) is 5.56 Å². The molecule has 0 radical (unpaired) electrons. The molecule has 0 saturated heterocycles. The number of hydrogen-bond acceptors (Lipinski definition) is 3. The van der Waals surface area contributed by atoms with Crippen LogP contribution in [0.25, 0.3) is 0 Å². The van der Waals surface area contributed by atoms with E-state index in [9.17, 15) is 0 Å². The quantitative estimate of drug-likeness (QED) is 0.565. The molecule has 0 aliphatic carbocycles. The lowest BCUT2D eigenvalue weighted by atomic mass is 10.1. The van der Waals surface area contributed by atoms with Gasteiger partial charge in [0.05, 0.1) is 6.04 Å². The van der Waals surface area contributed by atoms with Gasteiger partial charge in [-0.2, -0.15) is 0 Å². The van der Waals surface area contributed by atoms with Crippen molar-refractivity contribution >= 4 is 5.96 Å². The predicted octanol–water partition coefficient (Wildman–Crippen LogP) is 3.05. The fourth-order valence-electron chi connectivity index (χ4n) is 2.50. The number of benzene rings is 2. The summed E-state index contributed by atoms with van der Waals surface area (Å²) in [6.45, 7) is 4.39. The molecule has 140 valence electrons. The van der Waals surface area contributed by atoms with Crippen LogP contribution < -0.4 is 15.4 Å². The first-order valence-corrected chi connectivity index (χ1v) is 8.97. The summed E-state index contributed by atoms with van der Waals surface area (Å²) >= 11 is 0. The van der Waals surface area contributed by atoms with Crippen molar-refractivity contribution in [3.63, 3.8) is 0 Å². The minimum atomic E-state index is 0.183. The molecule has 0 aromatic heterocycles. The Morgan fingerprint density at radius 3 is 2.58 bits per heavy atom. The maximum atomic E-state index is 5.80. The molecule has 0 aliphatic heterocycles. The highest BCUT2D eigenvalue weighted by Gasteiger charge is 2.07. The van der Waals surface area contributed by atoms with E-state index < -0.39 is 0 Å². The van der Waals surface area contributed by atoms with E-state index in [1.807, 2.05) is 44.4 Å². The van der Waals surface area contributed by atoms with E-state index in [-0.39, 0.29) is 6.04 Å². The minimum absolute atomic E-state index is 0.183. The Bertz CT molecular complexity index is 685. The molecule has 0 spiro atoms. The van der Waals surface area contributed by atoms with Gasteiger partial charge in [0.1, 0.15) is 12.4 Å². The van der Waals surface area contributed by atoms with Gasteiger partial charge < -0.3 is 20.3 Å². The molecule has 1 atom stereocenters. The normalized spacial score (nSPS) is 12.7. The maximum Gasteiger partial charge on any atom is 0.191 e. The van der Waals surface area contributed by atoms with E-state index in [0.29, 0.717) is 13.2 Å². The van der Waals surface area contributed by atoms with Crippen LogP contribution in [0, 0.1) is 0 Å². The molecule has 5 nitrogen and oxygen atoms in total. The first-order valence-electron chi connectivity index (χ1n) is 8.97. The Morgan fingerprint density at radius 2 is 1.88 bits per heavy atom. The molecular formula is C21H30N4O. The van der Waals surface area contributed by atoms with Crippen LogP contribution in [-0.4, -0.2) is 45.2 Å². The van der Waals surface area contributed by atoms with Crippen LogP contribution in [0.15, 0.2) is 59.6 Å². The van der Waals surface area contributed by atoms with Gasteiger partial charge in [0.2, 0.25) is 0 Å². The number of likely N-dealkylation sites (N-methyl/N-ethyl adjacent to an activating group) is 1. The Morgan fingerprint density at radius 1 is 1.12 bits per heavy atom. The van der Waals surface area contributed by atoms with Crippen molar-refractivity contribution in [1.82, 2.24) is 15.5 Å². The monoisotopic (exact) mass is 354 g/mol. The van der Waals surface area contributed by atoms with Gasteiger partial charge in [0.15, 0.2) is 5.96 Å². The molecule has 0 aliphatic rings. The van der Waals surface area contributed by atoms with Crippen LogP contribution in [-0.2, 0) is 6.54 Å². The summed E-state index contributed by atoms with van der Waals surface area (Å²) in [5, 5.41) is 6.78. The van der Waals surface area contributed by atoms with E-state index in [1.54, 1.807) is 7.05 Å². The fraction of sp³-hybridized carbons (Fsp3) is 0.381. The number of rotatable bonds is 8. The average molecular weight is 354 g/mol. The Balaban J connectivity index is 1.86. The highest BCUT2D eigenvalue weighted by molar-refractivity contribution is 5.80. The average Bonchev–Trinajstić information content (AvgIpc) is 2.65. The molecule has 5 heteroatoms. The summed E-state index contributed by atoms with van der Waals surface area (Å²) in [7, 11) is 5.87. The van der Waals surface area contributed by atoms with Crippen LogP contribution in [0.4, 0.5) is 0 Å². The number of aliphatic imine (C=N–C) groups is 1. The van der Waals surface area contributed by atoms with Gasteiger partial charge in [0, 0.05) is 20.1 Å². The van der Waals surface area contributed by atoms with E-state index in [0.717, 1.165) is 23.8 Å². The van der Waals surface area contributed by atoms with Crippen molar-refractivity contribution in [2.45, 2.75) is 19.5 Å². The molecule has 0 fully saturated rings. The Labute approximate surface area is 157 Å². The number of nitrogens with zero attached hydrogens (tertiary/aromatic N) is 2. The third kappa shape index (κ3) is 6.76. The van der Waals surface area contributed by atoms with Crippen molar-refractivity contribution in [3.05, 3.63) is 65.7 Å². The predicted molar refractivity (Wildman–Crippen MR) is 109 cm³/mol. The van der Waals surface area contributed by atoms with Gasteiger partial charge in [0.25, 0.3) is 0 Å². The van der Waals surface area contributed by atoms with E-state index >= 15 is 0 Å². The van der Waals surface area contributed by atoms with E-state index in [4.69, 9.17) is 4.74 Å². The topological polar surface area (TPSA) is 48.9 Å². The molecule has 0 heterocycles. The zero-order valence-corrected chi connectivity index (χ0v) is 16.2.